The van der Waals surface area contributed by atoms with Gasteiger partial charge in [0.05, 0.1) is 6.42 Å². The molecule has 0 bridgehead atoms. The fourth-order valence-electron chi connectivity index (χ4n) is 10.2. The first-order valence-corrected chi connectivity index (χ1v) is 15.6. The lowest BCUT2D eigenvalue weighted by Gasteiger charge is -2.62. The van der Waals surface area contributed by atoms with Crippen LogP contribution in [0.3, 0.4) is 0 Å². The molecule has 0 amide bonds. The standard InChI is InChI=1S/C34H55NO4/c1-21(2)10-9-11-22(3)23-14-18-34(8)25-12-13-27-31(4,5)28(39-30(38)26(35)20-29(36)37)16-17-32(27,6)24(25)15-19-33(23,34)7/h10,22-23,26-28H,9,11-20,35H2,1-8H3,(H,36,37)/t22-,23-,26+,27?,28+,32-,33-,34+/m1/s1. The molecule has 5 heteroatoms. The molecule has 4 aliphatic carbocycles. The second kappa shape index (κ2) is 10.7. The molecule has 2 fully saturated rings. The molecule has 0 saturated heterocycles. The molecular formula is C34H55NO4. The van der Waals surface area contributed by atoms with Crippen LogP contribution in [-0.2, 0) is 14.3 Å². The largest absolute Gasteiger partial charge is 0.481 e. The van der Waals surface area contributed by atoms with Gasteiger partial charge in [0.25, 0.3) is 0 Å². The summed E-state index contributed by atoms with van der Waals surface area (Å²) in [5.41, 5.74) is 11.4. The van der Waals surface area contributed by atoms with Crippen molar-refractivity contribution in [2.24, 2.45) is 45.1 Å². The summed E-state index contributed by atoms with van der Waals surface area (Å²) in [6.45, 7) is 19.2. The number of carbonyl (C=O) groups excluding carboxylic acids is 1. The Morgan fingerprint density at radius 2 is 1.72 bits per heavy atom. The molecule has 0 radical (unpaired) electrons. The van der Waals surface area contributed by atoms with Crippen molar-refractivity contribution in [3.05, 3.63) is 22.8 Å². The van der Waals surface area contributed by atoms with E-state index in [1.54, 1.807) is 11.1 Å². The highest BCUT2D eigenvalue weighted by atomic mass is 16.5. The van der Waals surface area contributed by atoms with Crippen molar-refractivity contribution in [3.8, 4) is 0 Å². The monoisotopic (exact) mass is 541 g/mol. The van der Waals surface area contributed by atoms with Crippen LogP contribution in [0, 0.1) is 39.4 Å². The average Bonchev–Trinajstić information content (AvgIpc) is 3.11. The maximum Gasteiger partial charge on any atom is 0.323 e. The minimum absolute atomic E-state index is 0.126. The molecule has 2 saturated carbocycles. The van der Waals surface area contributed by atoms with Gasteiger partial charge in [-0.3, -0.25) is 9.59 Å². The fraction of sp³-hybridized carbons (Fsp3) is 0.824. The van der Waals surface area contributed by atoms with E-state index in [0.717, 1.165) is 37.5 Å². The van der Waals surface area contributed by atoms with Crippen LogP contribution < -0.4 is 5.73 Å². The van der Waals surface area contributed by atoms with E-state index in [9.17, 15) is 9.59 Å². The Labute approximate surface area is 237 Å². The molecule has 4 aliphatic rings. The Morgan fingerprint density at radius 3 is 2.36 bits per heavy atom. The van der Waals surface area contributed by atoms with E-state index < -0.39 is 24.4 Å². The highest BCUT2D eigenvalue weighted by molar-refractivity contribution is 5.81. The predicted molar refractivity (Wildman–Crippen MR) is 157 cm³/mol. The molecule has 39 heavy (non-hydrogen) atoms. The number of esters is 1. The molecular weight excluding hydrogens is 486 g/mol. The average molecular weight is 542 g/mol. The number of carbonyl (C=O) groups is 2. The molecule has 5 nitrogen and oxygen atoms in total. The SMILES string of the molecule is CC(C)=CCC[C@@H](C)[C@H]1CC[C@@]2(C)C3=C(CC[C@]12C)[C@@]1(C)CC[C@H](OC(=O)[C@@H](N)CC(=O)O)C(C)(C)C1CC3. The third-order valence-electron chi connectivity index (χ3n) is 12.6. The van der Waals surface area contributed by atoms with Crippen LogP contribution in [0.5, 0.6) is 0 Å². The zero-order valence-electron chi connectivity index (χ0n) is 26.0. The molecule has 0 aromatic rings. The van der Waals surface area contributed by atoms with E-state index in [-0.39, 0.29) is 22.3 Å². The van der Waals surface area contributed by atoms with E-state index in [1.807, 2.05) is 0 Å². The molecule has 3 N–H and O–H groups in total. The number of rotatable bonds is 8. The highest BCUT2D eigenvalue weighted by Gasteiger charge is 2.63. The van der Waals surface area contributed by atoms with Crippen molar-refractivity contribution >= 4 is 11.9 Å². The number of hydrogen-bond acceptors (Lipinski definition) is 4. The summed E-state index contributed by atoms with van der Waals surface area (Å²) < 4.78 is 5.94. The Morgan fingerprint density at radius 1 is 1.03 bits per heavy atom. The lowest BCUT2D eigenvalue weighted by atomic mass is 9.43. The van der Waals surface area contributed by atoms with Crippen molar-refractivity contribution in [1.82, 2.24) is 0 Å². The van der Waals surface area contributed by atoms with Crippen molar-refractivity contribution in [3.63, 3.8) is 0 Å². The second-order valence-corrected chi connectivity index (χ2v) is 15.2. The maximum absolute atomic E-state index is 12.7. The van der Waals surface area contributed by atoms with Gasteiger partial charge in [-0.15, -0.1) is 0 Å². The van der Waals surface area contributed by atoms with Gasteiger partial charge in [-0.25, -0.2) is 0 Å². The summed E-state index contributed by atoms with van der Waals surface area (Å²) in [4.78, 5) is 23.7. The Hall–Kier alpha value is -1.62. The van der Waals surface area contributed by atoms with Crippen molar-refractivity contribution < 1.29 is 19.4 Å². The van der Waals surface area contributed by atoms with Crippen LogP contribution in [-0.4, -0.2) is 29.2 Å². The van der Waals surface area contributed by atoms with Gasteiger partial charge in [0.1, 0.15) is 12.1 Å². The van der Waals surface area contributed by atoms with Gasteiger partial charge in [-0.05, 0) is 112 Å². The molecule has 0 heterocycles. The Balaban J connectivity index is 1.56. The Bertz CT molecular complexity index is 1040. The normalized spacial score (nSPS) is 38.6. The smallest absolute Gasteiger partial charge is 0.323 e. The van der Waals surface area contributed by atoms with E-state index >= 15 is 0 Å². The summed E-state index contributed by atoms with van der Waals surface area (Å²) >= 11 is 0. The van der Waals surface area contributed by atoms with Gasteiger partial charge in [0.2, 0.25) is 0 Å². The van der Waals surface area contributed by atoms with Gasteiger partial charge in [-0.1, -0.05) is 64.3 Å². The first-order valence-electron chi connectivity index (χ1n) is 15.6. The van der Waals surface area contributed by atoms with E-state index in [4.69, 9.17) is 15.6 Å². The minimum atomic E-state index is -1.11. The first-order chi connectivity index (χ1) is 18.1. The Kier molecular flexibility index (Phi) is 8.29. The third kappa shape index (κ3) is 5.04. The number of fused-ring (bicyclic) bond motifs is 4. The van der Waals surface area contributed by atoms with Crippen LogP contribution in [0.2, 0.25) is 0 Å². The van der Waals surface area contributed by atoms with Crippen LogP contribution in [0.15, 0.2) is 22.8 Å². The lowest BCUT2D eigenvalue weighted by molar-refractivity contribution is -0.172. The summed E-state index contributed by atoms with van der Waals surface area (Å²) in [5, 5.41) is 9.05. The summed E-state index contributed by atoms with van der Waals surface area (Å²) in [6, 6.07) is -1.11. The molecule has 0 aromatic heterocycles. The van der Waals surface area contributed by atoms with Crippen molar-refractivity contribution in [2.75, 3.05) is 0 Å². The number of nitrogens with two attached hydrogens (primary N) is 1. The van der Waals surface area contributed by atoms with Crippen LogP contribution in [0.4, 0.5) is 0 Å². The van der Waals surface area contributed by atoms with Gasteiger partial charge in [0.15, 0.2) is 0 Å². The topological polar surface area (TPSA) is 89.6 Å². The fourth-order valence-corrected chi connectivity index (χ4v) is 10.2. The maximum atomic E-state index is 12.7. The first kappa shape index (κ1) is 30.3. The minimum Gasteiger partial charge on any atom is -0.481 e. The summed E-state index contributed by atoms with van der Waals surface area (Å²) in [7, 11) is 0. The van der Waals surface area contributed by atoms with Crippen LogP contribution >= 0.6 is 0 Å². The molecule has 0 aliphatic heterocycles. The van der Waals surface area contributed by atoms with Gasteiger partial charge >= 0.3 is 11.9 Å². The quantitative estimate of drug-likeness (QED) is 0.241. The number of carboxylic acids is 1. The lowest BCUT2D eigenvalue weighted by Crippen LogP contribution is -2.56. The summed E-state index contributed by atoms with van der Waals surface area (Å²) in [5.74, 6) is 0.314. The van der Waals surface area contributed by atoms with Crippen molar-refractivity contribution in [2.45, 2.75) is 138 Å². The number of allylic oxidation sites excluding steroid dienone is 4. The highest BCUT2D eigenvalue weighted by Crippen LogP contribution is 2.72. The van der Waals surface area contributed by atoms with Gasteiger partial charge in [-0.2, -0.15) is 0 Å². The number of ether oxygens (including phenoxy) is 1. The molecule has 4 rings (SSSR count). The molecule has 0 spiro atoms. The zero-order valence-corrected chi connectivity index (χ0v) is 26.0. The van der Waals surface area contributed by atoms with E-state index in [0.29, 0.717) is 11.3 Å². The van der Waals surface area contributed by atoms with E-state index in [2.05, 4.69) is 61.5 Å². The van der Waals surface area contributed by atoms with Crippen molar-refractivity contribution in [1.29, 1.82) is 0 Å². The van der Waals surface area contributed by atoms with Gasteiger partial charge in [0, 0.05) is 5.41 Å². The predicted octanol–water partition coefficient (Wildman–Crippen LogP) is 7.83. The second-order valence-electron chi connectivity index (χ2n) is 15.2. The van der Waals surface area contributed by atoms with E-state index in [1.165, 1.54) is 44.1 Å². The number of hydrogen-bond donors (Lipinski definition) is 2. The summed E-state index contributed by atoms with van der Waals surface area (Å²) in [6.07, 6.45) is 13.5. The zero-order chi connectivity index (χ0) is 29.0. The van der Waals surface area contributed by atoms with Gasteiger partial charge < -0.3 is 15.6 Å². The molecule has 220 valence electrons. The number of aliphatic carboxylic acids is 1. The number of carboxylic acid groups (broad SMARTS) is 1. The molecule has 1 unspecified atom stereocenters. The van der Waals surface area contributed by atoms with Crippen LogP contribution in [0.1, 0.15) is 126 Å². The van der Waals surface area contributed by atoms with Crippen LogP contribution in [0.25, 0.3) is 0 Å². The molecule has 0 aromatic carbocycles. The molecule has 8 atom stereocenters. The third-order valence-corrected chi connectivity index (χ3v) is 12.6.